The minimum absolute atomic E-state index is 0.0687. The lowest BCUT2D eigenvalue weighted by atomic mass is 10.1. The molecular formula is C15H10ClF3N2. The van der Waals surface area contributed by atoms with Crippen molar-refractivity contribution in [1.82, 2.24) is 0 Å². The van der Waals surface area contributed by atoms with E-state index in [2.05, 4.69) is 5.32 Å². The number of hydrogen-bond acceptors (Lipinski definition) is 2. The van der Waals surface area contributed by atoms with Crippen LogP contribution in [0.2, 0.25) is 5.02 Å². The van der Waals surface area contributed by atoms with Gasteiger partial charge in [0.1, 0.15) is 6.04 Å². The molecule has 2 rings (SSSR count). The molecule has 2 aromatic rings. The molecule has 0 aliphatic rings. The van der Waals surface area contributed by atoms with Crippen LogP contribution in [0.1, 0.15) is 17.2 Å². The van der Waals surface area contributed by atoms with Crippen LogP contribution in [0, 0.1) is 11.3 Å². The molecule has 0 saturated heterocycles. The third kappa shape index (κ3) is 3.67. The molecule has 0 saturated carbocycles. The molecular weight excluding hydrogens is 301 g/mol. The molecule has 2 nitrogen and oxygen atoms in total. The van der Waals surface area contributed by atoms with Gasteiger partial charge in [0.05, 0.1) is 22.3 Å². The zero-order valence-corrected chi connectivity index (χ0v) is 11.4. The van der Waals surface area contributed by atoms with E-state index in [1.54, 1.807) is 6.07 Å². The highest BCUT2D eigenvalue weighted by Gasteiger charge is 2.41. The van der Waals surface area contributed by atoms with Crippen molar-refractivity contribution >= 4 is 17.3 Å². The van der Waals surface area contributed by atoms with Gasteiger partial charge >= 0.3 is 6.18 Å². The Morgan fingerprint density at radius 1 is 1.10 bits per heavy atom. The highest BCUT2D eigenvalue weighted by atomic mass is 35.5. The molecule has 6 heteroatoms. The first-order valence-electron chi connectivity index (χ1n) is 5.99. The highest BCUT2D eigenvalue weighted by molar-refractivity contribution is 6.33. The Hall–Kier alpha value is -2.19. The molecule has 0 aliphatic carbocycles. The number of benzene rings is 2. The second-order valence-electron chi connectivity index (χ2n) is 4.34. The van der Waals surface area contributed by atoms with Crippen LogP contribution in [0.15, 0.2) is 48.5 Å². The molecule has 1 atom stereocenters. The molecule has 1 unspecified atom stereocenters. The van der Waals surface area contributed by atoms with E-state index in [0.29, 0.717) is 0 Å². The average Bonchev–Trinajstić information content (AvgIpc) is 2.45. The van der Waals surface area contributed by atoms with Gasteiger partial charge in [-0.25, -0.2) is 0 Å². The Balaban J connectivity index is 2.35. The minimum atomic E-state index is -4.47. The van der Waals surface area contributed by atoms with Crippen molar-refractivity contribution in [3.8, 4) is 6.07 Å². The molecule has 0 heterocycles. The van der Waals surface area contributed by atoms with Crippen molar-refractivity contribution in [2.75, 3.05) is 5.32 Å². The molecule has 1 N–H and O–H groups in total. The molecule has 0 spiro atoms. The van der Waals surface area contributed by atoms with Crippen LogP contribution in [-0.2, 0) is 0 Å². The number of anilines is 1. The SMILES string of the molecule is N#Cc1ccc(NC(c2ccccc2)C(F)(F)F)c(Cl)c1. The Bertz CT molecular complexity index is 663. The standard InChI is InChI=1S/C15H10ClF3N2/c16-12-8-10(9-20)6-7-13(12)21-14(15(17,18)19)11-4-2-1-3-5-11/h1-8,14,21H. The quantitative estimate of drug-likeness (QED) is 0.872. The maximum atomic E-state index is 13.2. The number of nitrogens with zero attached hydrogens (tertiary/aromatic N) is 1. The van der Waals surface area contributed by atoms with Gasteiger partial charge in [0.15, 0.2) is 0 Å². The number of rotatable bonds is 3. The van der Waals surface area contributed by atoms with E-state index in [-0.39, 0.29) is 21.8 Å². The van der Waals surface area contributed by atoms with Crippen molar-refractivity contribution < 1.29 is 13.2 Å². The van der Waals surface area contributed by atoms with Gasteiger partial charge < -0.3 is 5.32 Å². The van der Waals surface area contributed by atoms with Crippen molar-refractivity contribution in [2.24, 2.45) is 0 Å². The normalized spacial score (nSPS) is 12.5. The first kappa shape index (κ1) is 15.2. The smallest absolute Gasteiger partial charge is 0.369 e. The molecule has 0 amide bonds. The first-order valence-corrected chi connectivity index (χ1v) is 6.37. The zero-order valence-electron chi connectivity index (χ0n) is 10.7. The van der Waals surface area contributed by atoms with Gasteiger partial charge in [0, 0.05) is 0 Å². The summed E-state index contributed by atoms with van der Waals surface area (Å²) in [5.41, 5.74) is 0.501. The van der Waals surface area contributed by atoms with Crippen LogP contribution in [0.4, 0.5) is 18.9 Å². The van der Waals surface area contributed by atoms with E-state index in [9.17, 15) is 13.2 Å². The maximum absolute atomic E-state index is 13.2. The molecule has 0 aromatic heterocycles. The summed E-state index contributed by atoms with van der Waals surface area (Å²) in [4.78, 5) is 0. The van der Waals surface area contributed by atoms with Crippen LogP contribution >= 0.6 is 11.6 Å². The number of halogens is 4. The molecule has 2 aromatic carbocycles. The van der Waals surface area contributed by atoms with Crippen LogP contribution in [0.5, 0.6) is 0 Å². The van der Waals surface area contributed by atoms with E-state index in [1.165, 1.54) is 42.5 Å². The maximum Gasteiger partial charge on any atom is 0.412 e. The lowest BCUT2D eigenvalue weighted by Crippen LogP contribution is -2.28. The molecule has 0 bridgehead atoms. The Labute approximate surface area is 124 Å². The number of hydrogen-bond donors (Lipinski definition) is 1. The van der Waals surface area contributed by atoms with E-state index in [1.807, 2.05) is 6.07 Å². The van der Waals surface area contributed by atoms with Gasteiger partial charge in [0.25, 0.3) is 0 Å². The second-order valence-corrected chi connectivity index (χ2v) is 4.74. The summed E-state index contributed by atoms with van der Waals surface area (Å²) >= 11 is 5.91. The predicted octanol–water partition coefficient (Wildman–Crippen LogP) is 4.93. The topological polar surface area (TPSA) is 35.8 Å². The Morgan fingerprint density at radius 3 is 2.29 bits per heavy atom. The second kappa shape index (κ2) is 6.06. The van der Waals surface area contributed by atoms with E-state index in [4.69, 9.17) is 16.9 Å². The fraction of sp³-hybridized carbons (Fsp3) is 0.133. The van der Waals surface area contributed by atoms with Crippen molar-refractivity contribution in [3.63, 3.8) is 0 Å². The number of nitrogens with one attached hydrogen (secondary N) is 1. The zero-order chi connectivity index (χ0) is 15.5. The summed E-state index contributed by atoms with van der Waals surface area (Å²) in [6.45, 7) is 0. The minimum Gasteiger partial charge on any atom is -0.369 e. The van der Waals surface area contributed by atoms with Crippen LogP contribution < -0.4 is 5.32 Å². The monoisotopic (exact) mass is 310 g/mol. The van der Waals surface area contributed by atoms with Crippen LogP contribution in [-0.4, -0.2) is 6.18 Å². The van der Waals surface area contributed by atoms with Gasteiger partial charge in [-0.1, -0.05) is 41.9 Å². The fourth-order valence-electron chi connectivity index (χ4n) is 1.86. The van der Waals surface area contributed by atoms with Gasteiger partial charge in [0.2, 0.25) is 0 Å². The number of alkyl halides is 3. The summed E-state index contributed by atoms with van der Waals surface area (Å²) in [7, 11) is 0. The summed E-state index contributed by atoms with van der Waals surface area (Å²) in [6, 6.07) is 11.6. The molecule has 0 radical (unpaired) electrons. The third-order valence-electron chi connectivity index (χ3n) is 2.86. The Kier molecular flexibility index (Phi) is 4.39. The molecule has 0 fully saturated rings. The van der Waals surface area contributed by atoms with Crippen molar-refractivity contribution in [2.45, 2.75) is 12.2 Å². The predicted molar refractivity (Wildman–Crippen MR) is 75.0 cm³/mol. The molecule has 0 aliphatic heterocycles. The van der Waals surface area contributed by atoms with Gasteiger partial charge in [-0.3, -0.25) is 0 Å². The highest BCUT2D eigenvalue weighted by Crippen LogP contribution is 2.37. The summed E-state index contributed by atoms with van der Waals surface area (Å²) in [5, 5.41) is 11.2. The van der Waals surface area contributed by atoms with Crippen molar-refractivity contribution in [1.29, 1.82) is 5.26 Å². The summed E-state index contributed by atoms with van der Waals surface area (Å²) < 4.78 is 39.6. The average molecular weight is 311 g/mol. The summed E-state index contributed by atoms with van der Waals surface area (Å²) in [6.07, 6.45) is -4.47. The first-order chi connectivity index (χ1) is 9.91. The van der Waals surface area contributed by atoms with Gasteiger partial charge in [-0.05, 0) is 23.8 Å². The molecule has 108 valence electrons. The van der Waals surface area contributed by atoms with Crippen LogP contribution in [0.25, 0.3) is 0 Å². The van der Waals surface area contributed by atoms with Crippen LogP contribution in [0.3, 0.4) is 0 Å². The van der Waals surface area contributed by atoms with Crippen molar-refractivity contribution in [3.05, 3.63) is 64.7 Å². The molecule has 21 heavy (non-hydrogen) atoms. The van der Waals surface area contributed by atoms with E-state index < -0.39 is 12.2 Å². The van der Waals surface area contributed by atoms with E-state index in [0.717, 1.165) is 0 Å². The lowest BCUT2D eigenvalue weighted by Gasteiger charge is -2.23. The number of nitriles is 1. The van der Waals surface area contributed by atoms with Gasteiger partial charge in [-0.15, -0.1) is 0 Å². The lowest BCUT2D eigenvalue weighted by molar-refractivity contribution is -0.144. The fourth-order valence-corrected chi connectivity index (χ4v) is 2.09. The largest absolute Gasteiger partial charge is 0.412 e. The van der Waals surface area contributed by atoms with Gasteiger partial charge in [-0.2, -0.15) is 18.4 Å². The third-order valence-corrected chi connectivity index (χ3v) is 3.17. The summed E-state index contributed by atoms with van der Waals surface area (Å²) in [5.74, 6) is 0. The van der Waals surface area contributed by atoms with E-state index >= 15 is 0 Å². The Morgan fingerprint density at radius 2 is 1.76 bits per heavy atom.